The van der Waals surface area contributed by atoms with Crippen LogP contribution in [0.3, 0.4) is 0 Å². The fourth-order valence-corrected chi connectivity index (χ4v) is 4.35. The van der Waals surface area contributed by atoms with Crippen molar-refractivity contribution in [2.45, 2.75) is 50.4 Å². The molecule has 0 saturated heterocycles. The van der Waals surface area contributed by atoms with Crippen molar-refractivity contribution in [3.05, 3.63) is 0 Å². The molecular weight excluding hydrogens is 178 g/mol. The number of aliphatic hydroxyl groups is 2. The van der Waals surface area contributed by atoms with Crippen molar-refractivity contribution in [1.29, 1.82) is 0 Å². The van der Waals surface area contributed by atoms with Crippen LogP contribution in [0.2, 0.25) is 0 Å². The van der Waals surface area contributed by atoms with Crippen LogP contribution in [-0.4, -0.2) is 28.5 Å². The van der Waals surface area contributed by atoms with Gasteiger partial charge in [-0.2, -0.15) is 0 Å². The van der Waals surface area contributed by atoms with Crippen LogP contribution < -0.4 is 5.73 Å². The van der Waals surface area contributed by atoms with E-state index in [2.05, 4.69) is 0 Å². The Labute approximate surface area is 84.3 Å². The Hall–Kier alpha value is -0.120. The third kappa shape index (κ3) is 0.930. The summed E-state index contributed by atoms with van der Waals surface area (Å²) < 4.78 is 0. The number of hydrogen-bond donors (Lipinski definition) is 3. The summed E-state index contributed by atoms with van der Waals surface area (Å²) >= 11 is 0. The van der Waals surface area contributed by atoms with Crippen LogP contribution in [0.1, 0.15) is 32.1 Å². The van der Waals surface area contributed by atoms with E-state index in [0.717, 1.165) is 12.8 Å². The van der Waals surface area contributed by atoms with E-state index in [1.807, 2.05) is 0 Å². The number of nitrogens with two attached hydrogens (primary N) is 1. The van der Waals surface area contributed by atoms with Gasteiger partial charge < -0.3 is 15.9 Å². The monoisotopic (exact) mass is 197 g/mol. The Morgan fingerprint density at radius 2 is 1.71 bits per heavy atom. The Kier molecular flexibility index (Phi) is 1.77. The van der Waals surface area contributed by atoms with Crippen molar-refractivity contribution < 1.29 is 10.2 Å². The Balaban J connectivity index is 1.91. The maximum Gasteiger partial charge on any atom is 0.0805 e. The van der Waals surface area contributed by atoms with Gasteiger partial charge in [0, 0.05) is 6.04 Å². The number of fused-ring (bicyclic) bond motifs is 3. The molecule has 14 heavy (non-hydrogen) atoms. The molecule has 0 amide bonds. The number of hydrogen-bond acceptors (Lipinski definition) is 3. The zero-order valence-electron chi connectivity index (χ0n) is 8.39. The molecule has 4 unspecified atom stereocenters. The summed E-state index contributed by atoms with van der Waals surface area (Å²) in [4.78, 5) is 0. The van der Waals surface area contributed by atoms with E-state index >= 15 is 0 Å². The van der Waals surface area contributed by atoms with Gasteiger partial charge in [0.15, 0.2) is 0 Å². The highest BCUT2D eigenvalue weighted by atomic mass is 16.3. The maximum absolute atomic E-state index is 9.66. The smallest absolute Gasteiger partial charge is 0.0805 e. The van der Waals surface area contributed by atoms with E-state index < -0.39 is 12.2 Å². The lowest BCUT2D eigenvalue weighted by molar-refractivity contribution is 0.0438. The Morgan fingerprint density at radius 3 is 2.21 bits per heavy atom. The van der Waals surface area contributed by atoms with Gasteiger partial charge in [0.1, 0.15) is 0 Å². The predicted molar refractivity (Wildman–Crippen MR) is 52.5 cm³/mol. The normalized spacial score (nSPS) is 61.5. The van der Waals surface area contributed by atoms with Crippen molar-refractivity contribution in [3.63, 3.8) is 0 Å². The summed E-state index contributed by atoms with van der Waals surface area (Å²) in [6.07, 6.45) is 4.17. The molecule has 3 heteroatoms. The molecule has 3 aliphatic rings. The lowest BCUT2D eigenvalue weighted by atomic mass is 9.69. The minimum absolute atomic E-state index is 0.0851. The molecule has 0 aliphatic heterocycles. The van der Waals surface area contributed by atoms with Gasteiger partial charge in [0.25, 0.3) is 0 Å². The third-order valence-corrected chi connectivity index (χ3v) is 5.08. The van der Waals surface area contributed by atoms with Crippen LogP contribution in [0, 0.1) is 17.3 Å². The van der Waals surface area contributed by atoms with Gasteiger partial charge in [-0.05, 0) is 49.4 Å². The lowest BCUT2D eigenvalue weighted by Crippen LogP contribution is -2.45. The summed E-state index contributed by atoms with van der Waals surface area (Å²) in [5.41, 5.74) is 6.35. The largest absolute Gasteiger partial charge is 0.390 e. The summed E-state index contributed by atoms with van der Waals surface area (Å²) in [6.45, 7) is 0. The minimum atomic E-state index is -0.527. The first-order valence-corrected chi connectivity index (χ1v) is 5.75. The second-order valence-electron chi connectivity index (χ2n) is 5.57. The van der Waals surface area contributed by atoms with Gasteiger partial charge in [0.2, 0.25) is 0 Å². The predicted octanol–water partition coefficient (Wildman–Crippen LogP) is 0.246. The summed E-state index contributed by atoms with van der Waals surface area (Å²) in [6, 6.07) is 0.230. The van der Waals surface area contributed by atoms with Crippen LogP contribution in [0.5, 0.6) is 0 Å². The van der Waals surface area contributed by atoms with Gasteiger partial charge in [0.05, 0.1) is 12.2 Å². The molecule has 0 aromatic heterocycles. The zero-order valence-corrected chi connectivity index (χ0v) is 8.39. The summed E-state index contributed by atoms with van der Waals surface area (Å²) in [5.74, 6) is 1.34. The van der Waals surface area contributed by atoms with Crippen LogP contribution in [0.15, 0.2) is 0 Å². The van der Waals surface area contributed by atoms with Gasteiger partial charge in [-0.15, -0.1) is 0 Å². The van der Waals surface area contributed by atoms with Crippen LogP contribution in [-0.2, 0) is 0 Å². The first-order valence-electron chi connectivity index (χ1n) is 5.75. The molecule has 0 aromatic rings. The minimum Gasteiger partial charge on any atom is -0.390 e. The van der Waals surface area contributed by atoms with Gasteiger partial charge >= 0.3 is 0 Å². The van der Waals surface area contributed by atoms with Gasteiger partial charge in [-0.3, -0.25) is 0 Å². The van der Waals surface area contributed by atoms with Crippen molar-refractivity contribution in [2.75, 3.05) is 0 Å². The molecule has 3 fully saturated rings. The third-order valence-electron chi connectivity index (χ3n) is 5.08. The van der Waals surface area contributed by atoms with E-state index in [1.54, 1.807) is 0 Å². The van der Waals surface area contributed by atoms with Gasteiger partial charge in [-0.1, -0.05) is 0 Å². The SMILES string of the molecule is N[C@@H]1C2CCC(C2)C12CC(O)[C@H](O)C2. The molecule has 0 heterocycles. The van der Waals surface area contributed by atoms with Crippen LogP contribution in [0.4, 0.5) is 0 Å². The molecule has 80 valence electrons. The Bertz CT molecular complexity index is 242. The average molecular weight is 197 g/mol. The second-order valence-corrected chi connectivity index (χ2v) is 5.57. The molecule has 4 N–H and O–H groups in total. The van der Waals surface area contributed by atoms with E-state index in [-0.39, 0.29) is 11.5 Å². The van der Waals surface area contributed by atoms with E-state index in [0.29, 0.717) is 11.8 Å². The maximum atomic E-state index is 9.66. The first kappa shape index (κ1) is 9.13. The first-order chi connectivity index (χ1) is 6.63. The van der Waals surface area contributed by atoms with Crippen LogP contribution in [0.25, 0.3) is 0 Å². The highest BCUT2D eigenvalue weighted by Gasteiger charge is 2.60. The van der Waals surface area contributed by atoms with Crippen molar-refractivity contribution in [1.82, 2.24) is 0 Å². The second kappa shape index (κ2) is 2.71. The Morgan fingerprint density at radius 1 is 1.07 bits per heavy atom. The molecule has 1 spiro atoms. The van der Waals surface area contributed by atoms with E-state index in [9.17, 15) is 10.2 Å². The van der Waals surface area contributed by atoms with E-state index in [4.69, 9.17) is 5.73 Å². The number of aliphatic hydroxyl groups excluding tert-OH is 2. The zero-order chi connectivity index (χ0) is 9.92. The fraction of sp³-hybridized carbons (Fsp3) is 1.00. The molecule has 3 rings (SSSR count). The molecule has 2 bridgehead atoms. The van der Waals surface area contributed by atoms with Gasteiger partial charge in [-0.25, -0.2) is 0 Å². The molecule has 0 radical (unpaired) electrons. The molecule has 3 aliphatic carbocycles. The topological polar surface area (TPSA) is 66.5 Å². The molecule has 0 aromatic carbocycles. The van der Waals surface area contributed by atoms with Crippen molar-refractivity contribution in [2.24, 2.45) is 23.0 Å². The molecule has 3 saturated carbocycles. The molecule has 6 atom stereocenters. The van der Waals surface area contributed by atoms with Crippen molar-refractivity contribution in [3.8, 4) is 0 Å². The standard InChI is InChI=1S/C11H19NO2/c12-10-6-1-2-7(3-6)11(10)4-8(13)9(14)5-11/h6-10,13-14H,1-5,12H2/t6?,7?,8-,9?,10-,11?/m1/s1. The highest BCUT2D eigenvalue weighted by Crippen LogP contribution is 2.61. The quantitative estimate of drug-likeness (QED) is 0.521. The number of rotatable bonds is 0. The van der Waals surface area contributed by atoms with Crippen molar-refractivity contribution >= 4 is 0 Å². The molecule has 3 nitrogen and oxygen atoms in total. The summed E-state index contributed by atoms with van der Waals surface area (Å²) in [5, 5.41) is 19.3. The fourth-order valence-electron chi connectivity index (χ4n) is 4.35. The average Bonchev–Trinajstić information content (AvgIpc) is 2.76. The molecular formula is C11H19NO2. The van der Waals surface area contributed by atoms with Crippen LogP contribution >= 0.6 is 0 Å². The summed E-state index contributed by atoms with van der Waals surface area (Å²) in [7, 11) is 0. The van der Waals surface area contributed by atoms with E-state index in [1.165, 1.54) is 19.3 Å². The highest BCUT2D eigenvalue weighted by molar-refractivity contribution is 5.13. The lowest BCUT2D eigenvalue weighted by Gasteiger charge is -2.39.